The Kier molecular flexibility index (Phi) is 2.40. The minimum absolute atomic E-state index is 0.504. The number of nitrogens with two attached hydrogens (primary N) is 1. The summed E-state index contributed by atoms with van der Waals surface area (Å²) in [5.74, 6) is 0. The predicted molar refractivity (Wildman–Crippen MR) is 67.6 cm³/mol. The Hall–Kier alpha value is -1.02. The van der Waals surface area contributed by atoms with Gasteiger partial charge in [0, 0.05) is 11.7 Å². The molecule has 16 heavy (non-hydrogen) atoms. The van der Waals surface area contributed by atoms with Crippen molar-refractivity contribution >= 4 is 5.69 Å². The van der Waals surface area contributed by atoms with Crippen molar-refractivity contribution in [3.05, 3.63) is 28.3 Å². The van der Waals surface area contributed by atoms with Crippen molar-refractivity contribution in [1.82, 2.24) is 5.32 Å². The Morgan fingerprint density at radius 3 is 2.94 bits per heavy atom. The first-order valence-corrected chi connectivity index (χ1v) is 6.41. The SMILES string of the molecule is Cc1c(N)c([C@H]2CCCN2)cc2c1CCC2. The summed E-state index contributed by atoms with van der Waals surface area (Å²) < 4.78 is 0. The monoisotopic (exact) mass is 216 g/mol. The molecule has 86 valence electrons. The molecule has 3 N–H and O–H groups in total. The van der Waals surface area contributed by atoms with Gasteiger partial charge in [-0.2, -0.15) is 0 Å². The van der Waals surface area contributed by atoms with Gasteiger partial charge < -0.3 is 11.1 Å². The minimum Gasteiger partial charge on any atom is -0.398 e. The number of nitrogens with one attached hydrogen (secondary N) is 1. The van der Waals surface area contributed by atoms with E-state index >= 15 is 0 Å². The molecule has 1 aromatic rings. The largest absolute Gasteiger partial charge is 0.398 e. The topological polar surface area (TPSA) is 38.0 Å². The van der Waals surface area contributed by atoms with E-state index in [4.69, 9.17) is 5.73 Å². The van der Waals surface area contributed by atoms with Crippen molar-refractivity contribution in [3.63, 3.8) is 0 Å². The van der Waals surface area contributed by atoms with Gasteiger partial charge >= 0.3 is 0 Å². The first-order valence-electron chi connectivity index (χ1n) is 6.41. The van der Waals surface area contributed by atoms with E-state index in [-0.39, 0.29) is 0 Å². The van der Waals surface area contributed by atoms with Crippen LogP contribution in [0.2, 0.25) is 0 Å². The molecule has 0 radical (unpaired) electrons. The van der Waals surface area contributed by atoms with Crippen molar-refractivity contribution in [1.29, 1.82) is 0 Å². The van der Waals surface area contributed by atoms with Crippen LogP contribution in [0.5, 0.6) is 0 Å². The first-order chi connectivity index (χ1) is 7.77. The molecule has 1 fully saturated rings. The summed E-state index contributed by atoms with van der Waals surface area (Å²) in [5, 5.41) is 3.55. The Bertz CT molecular complexity index is 417. The van der Waals surface area contributed by atoms with E-state index in [2.05, 4.69) is 18.3 Å². The van der Waals surface area contributed by atoms with Crippen molar-refractivity contribution < 1.29 is 0 Å². The van der Waals surface area contributed by atoms with Gasteiger partial charge in [0.05, 0.1) is 0 Å². The van der Waals surface area contributed by atoms with Gasteiger partial charge in [0.2, 0.25) is 0 Å². The minimum atomic E-state index is 0.504. The highest BCUT2D eigenvalue weighted by atomic mass is 14.9. The van der Waals surface area contributed by atoms with Crippen LogP contribution in [0.4, 0.5) is 5.69 Å². The van der Waals surface area contributed by atoms with Crippen LogP contribution >= 0.6 is 0 Å². The Balaban J connectivity index is 2.08. The molecule has 1 aromatic carbocycles. The van der Waals surface area contributed by atoms with Gasteiger partial charge in [-0.1, -0.05) is 6.07 Å². The quantitative estimate of drug-likeness (QED) is 0.708. The van der Waals surface area contributed by atoms with Gasteiger partial charge in [-0.25, -0.2) is 0 Å². The number of anilines is 1. The molecule has 0 amide bonds. The molecule has 0 aromatic heterocycles. The number of benzene rings is 1. The average molecular weight is 216 g/mol. The third-order valence-electron chi connectivity index (χ3n) is 4.19. The summed E-state index contributed by atoms with van der Waals surface area (Å²) in [6.45, 7) is 3.33. The van der Waals surface area contributed by atoms with E-state index in [1.165, 1.54) is 48.8 Å². The highest BCUT2D eigenvalue weighted by Gasteiger charge is 2.23. The molecular formula is C14H20N2. The number of nitrogen functional groups attached to an aromatic ring is 1. The smallest absolute Gasteiger partial charge is 0.0395 e. The Morgan fingerprint density at radius 2 is 2.19 bits per heavy atom. The zero-order chi connectivity index (χ0) is 11.1. The molecule has 0 bridgehead atoms. The van der Waals surface area contributed by atoms with Crippen LogP contribution < -0.4 is 11.1 Å². The number of rotatable bonds is 1. The van der Waals surface area contributed by atoms with Gasteiger partial charge in [-0.15, -0.1) is 0 Å². The highest BCUT2D eigenvalue weighted by Crippen LogP contribution is 2.36. The van der Waals surface area contributed by atoms with Gasteiger partial charge in [-0.05, 0) is 67.8 Å². The third kappa shape index (κ3) is 1.44. The predicted octanol–water partition coefficient (Wildman–Crippen LogP) is 2.49. The van der Waals surface area contributed by atoms with Gasteiger partial charge in [0.25, 0.3) is 0 Å². The summed E-state index contributed by atoms with van der Waals surface area (Å²) in [6.07, 6.45) is 6.29. The molecular weight excluding hydrogens is 196 g/mol. The highest BCUT2D eigenvalue weighted by molar-refractivity contribution is 5.61. The molecule has 3 rings (SSSR count). The molecule has 2 aliphatic rings. The van der Waals surface area contributed by atoms with Crippen LogP contribution in [0.3, 0.4) is 0 Å². The fourth-order valence-electron chi connectivity index (χ4n) is 3.24. The van der Waals surface area contributed by atoms with Crippen molar-refractivity contribution in [2.75, 3.05) is 12.3 Å². The maximum absolute atomic E-state index is 6.30. The molecule has 2 nitrogen and oxygen atoms in total. The van der Waals surface area contributed by atoms with E-state index in [1.54, 1.807) is 5.56 Å². The van der Waals surface area contributed by atoms with Gasteiger partial charge in [0.1, 0.15) is 0 Å². The second-order valence-corrected chi connectivity index (χ2v) is 5.14. The number of hydrogen-bond acceptors (Lipinski definition) is 2. The fraction of sp³-hybridized carbons (Fsp3) is 0.571. The van der Waals surface area contributed by atoms with E-state index in [1.807, 2.05) is 0 Å². The molecule has 0 spiro atoms. The van der Waals surface area contributed by atoms with Crippen LogP contribution in [-0.4, -0.2) is 6.54 Å². The van der Waals surface area contributed by atoms with E-state index in [0.29, 0.717) is 6.04 Å². The summed E-state index contributed by atoms with van der Waals surface area (Å²) in [7, 11) is 0. The Labute approximate surface area is 97.2 Å². The number of hydrogen-bond donors (Lipinski definition) is 2. The molecule has 0 unspecified atom stereocenters. The number of fused-ring (bicyclic) bond motifs is 1. The van der Waals surface area contributed by atoms with Crippen LogP contribution in [0, 0.1) is 6.92 Å². The van der Waals surface area contributed by atoms with Crippen molar-refractivity contribution in [2.24, 2.45) is 0 Å². The maximum Gasteiger partial charge on any atom is 0.0395 e. The molecule has 1 saturated heterocycles. The maximum atomic E-state index is 6.30. The standard InChI is InChI=1S/C14H20N2/c1-9-11-5-2-4-10(11)8-12(14(9)15)13-6-3-7-16-13/h8,13,16H,2-7,15H2,1H3/t13-/m1/s1. The van der Waals surface area contributed by atoms with E-state index in [9.17, 15) is 0 Å². The lowest BCUT2D eigenvalue weighted by atomic mass is 9.93. The fourth-order valence-corrected chi connectivity index (χ4v) is 3.24. The zero-order valence-electron chi connectivity index (χ0n) is 9.97. The van der Waals surface area contributed by atoms with Crippen LogP contribution in [-0.2, 0) is 12.8 Å². The summed E-state index contributed by atoms with van der Waals surface area (Å²) >= 11 is 0. The van der Waals surface area contributed by atoms with E-state index in [0.717, 1.165) is 12.2 Å². The first kappa shape index (κ1) is 10.2. The van der Waals surface area contributed by atoms with Crippen LogP contribution in [0.15, 0.2) is 6.07 Å². The van der Waals surface area contributed by atoms with Crippen molar-refractivity contribution in [2.45, 2.75) is 45.1 Å². The summed E-state index contributed by atoms with van der Waals surface area (Å²) in [5.41, 5.74) is 13.1. The lowest BCUT2D eigenvalue weighted by molar-refractivity contribution is 0.648. The molecule has 1 aliphatic carbocycles. The van der Waals surface area contributed by atoms with Gasteiger partial charge in [-0.3, -0.25) is 0 Å². The molecule has 2 heteroatoms. The van der Waals surface area contributed by atoms with E-state index < -0.39 is 0 Å². The molecule has 0 saturated carbocycles. The average Bonchev–Trinajstić information content (AvgIpc) is 2.92. The molecule has 1 atom stereocenters. The second-order valence-electron chi connectivity index (χ2n) is 5.14. The summed E-state index contributed by atoms with van der Waals surface area (Å²) in [6, 6.07) is 2.87. The number of aryl methyl sites for hydroxylation is 1. The second kappa shape index (κ2) is 3.77. The lowest BCUT2D eigenvalue weighted by Crippen LogP contribution is -2.16. The normalized spacial score (nSPS) is 23.7. The molecule has 1 aliphatic heterocycles. The Morgan fingerprint density at radius 1 is 1.31 bits per heavy atom. The van der Waals surface area contributed by atoms with Crippen molar-refractivity contribution in [3.8, 4) is 0 Å². The van der Waals surface area contributed by atoms with Gasteiger partial charge in [0.15, 0.2) is 0 Å². The third-order valence-corrected chi connectivity index (χ3v) is 4.19. The van der Waals surface area contributed by atoms with Crippen LogP contribution in [0.25, 0.3) is 0 Å². The van der Waals surface area contributed by atoms with Crippen LogP contribution in [0.1, 0.15) is 47.6 Å². The molecule has 1 heterocycles. The summed E-state index contributed by atoms with van der Waals surface area (Å²) in [4.78, 5) is 0. The lowest BCUT2D eigenvalue weighted by Gasteiger charge is -2.18. The zero-order valence-corrected chi connectivity index (χ0v) is 9.97.